The van der Waals surface area contributed by atoms with E-state index in [2.05, 4.69) is 0 Å². The maximum Gasteiger partial charge on any atom is 0.416 e. The fourth-order valence-corrected chi connectivity index (χ4v) is 2.28. The Balaban J connectivity index is 2.59. The minimum Gasteiger partial charge on any atom is -0.299 e. The number of halogens is 4. The van der Waals surface area contributed by atoms with Crippen LogP contribution in [0.5, 0.6) is 0 Å². The van der Waals surface area contributed by atoms with Gasteiger partial charge in [0, 0.05) is 5.02 Å². The highest BCUT2D eigenvalue weighted by atomic mass is 35.5. The van der Waals surface area contributed by atoms with Crippen molar-refractivity contribution in [3.05, 3.63) is 34.3 Å². The first-order valence-electron chi connectivity index (χ1n) is 5.16. The van der Waals surface area contributed by atoms with Crippen LogP contribution < -0.4 is 0 Å². The maximum absolute atomic E-state index is 12.9. The van der Waals surface area contributed by atoms with E-state index in [0.29, 0.717) is 12.8 Å². The van der Waals surface area contributed by atoms with Crippen LogP contribution in [-0.4, -0.2) is 5.78 Å². The molecule has 1 aliphatic carbocycles. The summed E-state index contributed by atoms with van der Waals surface area (Å²) in [5.41, 5.74) is -1.67. The highest BCUT2D eigenvalue weighted by molar-refractivity contribution is 6.30. The number of rotatable bonds is 2. The number of carbonyl (C=O) groups is 1. The molecule has 1 saturated carbocycles. The lowest BCUT2D eigenvalue weighted by Gasteiger charge is -2.19. The molecule has 0 N–H and O–H groups in total. The molecule has 0 heterocycles. The molecule has 1 aromatic rings. The number of alkyl halides is 3. The van der Waals surface area contributed by atoms with E-state index in [4.69, 9.17) is 11.6 Å². The van der Waals surface area contributed by atoms with E-state index in [-0.39, 0.29) is 16.4 Å². The van der Waals surface area contributed by atoms with Gasteiger partial charge in [-0.1, -0.05) is 17.7 Å². The molecule has 1 aliphatic rings. The highest BCUT2D eigenvalue weighted by Gasteiger charge is 2.52. The molecule has 1 aromatic carbocycles. The van der Waals surface area contributed by atoms with Crippen molar-refractivity contribution in [2.75, 3.05) is 0 Å². The molecule has 0 radical (unpaired) electrons. The van der Waals surface area contributed by atoms with Gasteiger partial charge in [-0.3, -0.25) is 4.79 Å². The smallest absolute Gasteiger partial charge is 0.299 e. The lowest BCUT2D eigenvalue weighted by atomic mass is 9.88. The quantitative estimate of drug-likeness (QED) is 0.788. The van der Waals surface area contributed by atoms with Crippen LogP contribution in [0.4, 0.5) is 13.2 Å². The average Bonchev–Trinajstić information content (AvgIpc) is 2.97. The predicted octanol–water partition coefficient (Wildman–Crippen LogP) is 3.98. The number of hydrogen-bond donors (Lipinski definition) is 0. The molecule has 0 unspecified atom stereocenters. The van der Waals surface area contributed by atoms with Gasteiger partial charge in [-0.05, 0) is 37.5 Å². The predicted molar refractivity (Wildman–Crippen MR) is 58.0 cm³/mol. The van der Waals surface area contributed by atoms with Gasteiger partial charge in [0.25, 0.3) is 0 Å². The molecule has 92 valence electrons. The Kier molecular flexibility index (Phi) is 2.73. The van der Waals surface area contributed by atoms with Crippen LogP contribution in [0, 0.1) is 0 Å². The van der Waals surface area contributed by atoms with E-state index < -0.39 is 17.2 Å². The van der Waals surface area contributed by atoms with Gasteiger partial charge < -0.3 is 0 Å². The van der Waals surface area contributed by atoms with Gasteiger partial charge in [0.2, 0.25) is 0 Å². The minimum absolute atomic E-state index is 0.0282. The zero-order valence-electron chi connectivity index (χ0n) is 9.07. The van der Waals surface area contributed by atoms with E-state index in [1.165, 1.54) is 19.1 Å². The summed E-state index contributed by atoms with van der Waals surface area (Å²) in [6, 6.07) is 3.61. The SMILES string of the molecule is CC(=O)C1(c2ccc(Cl)cc2C(F)(F)F)CC1. The molecule has 0 aliphatic heterocycles. The molecular weight excluding hydrogens is 253 g/mol. The summed E-state index contributed by atoms with van der Waals surface area (Å²) < 4.78 is 38.6. The third kappa shape index (κ3) is 2.06. The second kappa shape index (κ2) is 3.73. The van der Waals surface area contributed by atoms with E-state index in [0.717, 1.165) is 6.07 Å². The molecule has 0 atom stereocenters. The van der Waals surface area contributed by atoms with Crippen LogP contribution in [0.2, 0.25) is 5.02 Å². The number of carbonyl (C=O) groups excluding carboxylic acids is 1. The first-order valence-corrected chi connectivity index (χ1v) is 5.53. The normalized spacial score (nSPS) is 17.9. The van der Waals surface area contributed by atoms with E-state index in [1.54, 1.807) is 0 Å². The Hall–Kier alpha value is -1.03. The molecule has 0 bridgehead atoms. The van der Waals surface area contributed by atoms with Crippen molar-refractivity contribution < 1.29 is 18.0 Å². The largest absolute Gasteiger partial charge is 0.416 e. The molecule has 1 fully saturated rings. The Labute approximate surface area is 102 Å². The molecule has 5 heteroatoms. The van der Waals surface area contributed by atoms with Crippen molar-refractivity contribution in [3.8, 4) is 0 Å². The van der Waals surface area contributed by atoms with E-state index in [1.807, 2.05) is 0 Å². The number of Topliss-reactive ketones (excluding diaryl/α,β-unsaturated/α-hetero) is 1. The number of benzene rings is 1. The molecule has 17 heavy (non-hydrogen) atoms. The van der Waals surface area contributed by atoms with Gasteiger partial charge in [-0.2, -0.15) is 13.2 Å². The molecule has 2 rings (SSSR count). The lowest BCUT2D eigenvalue weighted by Crippen LogP contribution is -2.22. The Morgan fingerprint density at radius 2 is 1.94 bits per heavy atom. The molecule has 0 amide bonds. The Bertz CT molecular complexity index is 475. The zero-order valence-corrected chi connectivity index (χ0v) is 9.82. The summed E-state index contributed by atoms with van der Waals surface area (Å²) in [4.78, 5) is 11.5. The maximum atomic E-state index is 12.9. The summed E-state index contributed by atoms with van der Waals surface area (Å²) >= 11 is 5.59. The van der Waals surface area contributed by atoms with Gasteiger partial charge in [-0.25, -0.2) is 0 Å². The second-order valence-electron chi connectivity index (χ2n) is 4.33. The fourth-order valence-electron chi connectivity index (χ4n) is 2.10. The van der Waals surface area contributed by atoms with Crippen LogP contribution in [0.3, 0.4) is 0 Å². The van der Waals surface area contributed by atoms with Crippen LogP contribution in [0.15, 0.2) is 18.2 Å². The highest BCUT2D eigenvalue weighted by Crippen LogP contribution is 2.52. The third-order valence-corrected chi connectivity index (χ3v) is 3.46. The summed E-state index contributed by atoms with van der Waals surface area (Å²) in [5.74, 6) is -0.217. The van der Waals surface area contributed by atoms with Gasteiger partial charge in [0.05, 0.1) is 11.0 Å². The van der Waals surface area contributed by atoms with Crippen LogP contribution in [0.25, 0.3) is 0 Å². The van der Waals surface area contributed by atoms with Gasteiger partial charge in [0.15, 0.2) is 0 Å². The van der Waals surface area contributed by atoms with Gasteiger partial charge in [0.1, 0.15) is 5.78 Å². The standard InChI is InChI=1S/C12H10ClF3O/c1-7(17)11(4-5-11)9-3-2-8(13)6-10(9)12(14,15)16/h2-3,6H,4-5H2,1H3. The summed E-state index contributed by atoms with van der Waals surface area (Å²) in [5, 5.41) is 0.0282. The topological polar surface area (TPSA) is 17.1 Å². The summed E-state index contributed by atoms with van der Waals surface area (Å²) in [6.07, 6.45) is -3.52. The van der Waals surface area contributed by atoms with Crippen molar-refractivity contribution >= 4 is 17.4 Å². The van der Waals surface area contributed by atoms with Crippen LogP contribution >= 0.6 is 11.6 Å². The zero-order chi connectivity index (χ0) is 12.8. The molecule has 0 aromatic heterocycles. The number of hydrogen-bond acceptors (Lipinski definition) is 1. The molecule has 0 spiro atoms. The van der Waals surface area contributed by atoms with Gasteiger partial charge >= 0.3 is 6.18 Å². The van der Waals surface area contributed by atoms with Crippen molar-refractivity contribution in [2.24, 2.45) is 0 Å². The van der Waals surface area contributed by atoms with Crippen molar-refractivity contribution in [1.82, 2.24) is 0 Å². The van der Waals surface area contributed by atoms with Gasteiger partial charge in [-0.15, -0.1) is 0 Å². The molecular formula is C12H10ClF3O. The molecule has 0 saturated heterocycles. The van der Waals surface area contributed by atoms with E-state index in [9.17, 15) is 18.0 Å². The van der Waals surface area contributed by atoms with Crippen molar-refractivity contribution in [2.45, 2.75) is 31.4 Å². The average molecular weight is 263 g/mol. The second-order valence-corrected chi connectivity index (χ2v) is 4.76. The monoisotopic (exact) mass is 262 g/mol. The lowest BCUT2D eigenvalue weighted by molar-refractivity contribution is -0.138. The van der Waals surface area contributed by atoms with Crippen LogP contribution in [-0.2, 0) is 16.4 Å². The van der Waals surface area contributed by atoms with Crippen LogP contribution in [0.1, 0.15) is 30.9 Å². The summed E-state index contributed by atoms with van der Waals surface area (Å²) in [7, 11) is 0. The van der Waals surface area contributed by atoms with E-state index >= 15 is 0 Å². The third-order valence-electron chi connectivity index (χ3n) is 3.23. The Morgan fingerprint density at radius 3 is 2.35 bits per heavy atom. The first-order chi connectivity index (χ1) is 7.77. The number of ketones is 1. The minimum atomic E-state index is -4.48. The first kappa shape index (κ1) is 12.4. The van der Waals surface area contributed by atoms with Crippen molar-refractivity contribution in [1.29, 1.82) is 0 Å². The fraction of sp³-hybridized carbons (Fsp3) is 0.417. The molecule has 1 nitrogen and oxygen atoms in total. The van der Waals surface area contributed by atoms with Crippen molar-refractivity contribution in [3.63, 3.8) is 0 Å². The summed E-state index contributed by atoms with van der Waals surface area (Å²) in [6.45, 7) is 1.34. The Morgan fingerprint density at radius 1 is 1.35 bits per heavy atom.